The first-order chi connectivity index (χ1) is 9.24. The fraction of sp³-hybridized carbons (Fsp3) is 0.625. The summed E-state index contributed by atoms with van der Waals surface area (Å²) in [6, 6.07) is 4.45. The molecular weight excluding hydrogens is 243 g/mol. The molecule has 3 heteroatoms. The molecule has 1 heterocycles. The summed E-state index contributed by atoms with van der Waals surface area (Å²) in [5, 5.41) is 10.2. The molecule has 2 nitrogen and oxygen atoms in total. The van der Waals surface area contributed by atoms with Crippen molar-refractivity contribution in [2.45, 2.75) is 57.2 Å². The van der Waals surface area contributed by atoms with Crippen molar-refractivity contribution < 1.29 is 14.2 Å². The lowest BCUT2D eigenvalue weighted by Gasteiger charge is -2.34. The highest BCUT2D eigenvalue weighted by Gasteiger charge is 2.32. The Bertz CT molecular complexity index is 438. The second-order valence-corrected chi connectivity index (χ2v) is 5.84. The zero-order valence-corrected chi connectivity index (χ0v) is 11.1. The minimum atomic E-state index is -0.590. The SMILES string of the molecule is O[C@H]1CC(C2CCCCCC2)Oc2ccc(F)cc21. The Morgan fingerprint density at radius 3 is 2.58 bits per heavy atom. The van der Waals surface area contributed by atoms with E-state index in [9.17, 15) is 9.50 Å². The molecule has 1 aliphatic heterocycles. The number of rotatable bonds is 1. The highest BCUT2D eigenvalue weighted by atomic mass is 19.1. The van der Waals surface area contributed by atoms with E-state index in [0.29, 0.717) is 23.7 Å². The van der Waals surface area contributed by atoms with E-state index in [-0.39, 0.29) is 11.9 Å². The molecule has 1 saturated carbocycles. The molecule has 0 aromatic heterocycles. The number of fused-ring (bicyclic) bond motifs is 1. The Morgan fingerprint density at radius 1 is 1.11 bits per heavy atom. The van der Waals surface area contributed by atoms with E-state index in [1.54, 1.807) is 6.07 Å². The minimum Gasteiger partial charge on any atom is -0.490 e. The predicted octanol–water partition coefficient (Wildman–Crippen LogP) is 3.98. The number of hydrogen-bond donors (Lipinski definition) is 1. The van der Waals surface area contributed by atoms with E-state index in [0.717, 1.165) is 0 Å². The van der Waals surface area contributed by atoms with Gasteiger partial charge in [-0.05, 0) is 37.0 Å². The first-order valence-electron chi connectivity index (χ1n) is 7.38. The Hall–Kier alpha value is -1.09. The van der Waals surface area contributed by atoms with Crippen LogP contribution in [0.1, 0.15) is 56.6 Å². The molecule has 0 spiro atoms. The fourth-order valence-electron chi connectivity index (χ4n) is 3.42. The Morgan fingerprint density at radius 2 is 1.84 bits per heavy atom. The van der Waals surface area contributed by atoms with Gasteiger partial charge in [0.2, 0.25) is 0 Å². The van der Waals surface area contributed by atoms with E-state index in [1.807, 2.05) is 0 Å². The van der Waals surface area contributed by atoms with Crippen LogP contribution in [0.25, 0.3) is 0 Å². The number of hydrogen-bond acceptors (Lipinski definition) is 2. The zero-order chi connectivity index (χ0) is 13.2. The first-order valence-corrected chi connectivity index (χ1v) is 7.38. The maximum absolute atomic E-state index is 13.2. The normalized spacial score (nSPS) is 28.3. The Balaban J connectivity index is 1.78. The van der Waals surface area contributed by atoms with Crippen LogP contribution in [0.2, 0.25) is 0 Å². The maximum atomic E-state index is 13.2. The summed E-state index contributed by atoms with van der Waals surface area (Å²) in [6.45, 7) is 0. The third kappa shape index (κ3) is 2.76. The van der Waals surface area contributed by atoms with E-state index < -0.39 is 6.10 Å². The van der Waals surface area contributed by atoms with E-state index in [2.05, 4.69) is 0 Å². The van der Waals surface area contributed by atoms with E-state index >= 15 is 0 Å². The predicted molar refractivity (Wildman–Crippen MR) is 71.6 cm³/mol. The molecule has 0 saturated heterocycles. The highest BCUT2D eigenvalue weighted by Crippen LogP contribution is 2.40. The number of halogens is 1. The van der Waals surface area contributed by atoms with Crippen molar-refractivity contribution in [3.05, 3.63) is 29.6 Å². The van der Waals surface area contributed by atoms with Crippen molar-refractivity contribution in [3.63, 3.8) is 0 Å². The van der Waals surface area contributed by atoms with Crippen LogP contribution in [0.4, 0.5) is 4.39 Å². The lowest BCUT2D eigenvalue weighted by Crippen LogP contribution is -2.32. The molecule has 1 aromatic rings. The van der Waals surface area contributed by atoms with Crippen molar-refractivity contribution in [1.82, 2.24) is 0 Å². The molecule has 2 aliphatic rings. The third-order valence-corrected chi connectivity index (χ3v) is 4.49. The summed E-state index contributed by atoms with van der Waals surface area (Å²) in [5.41, 5.74) is 0.602. The lowest BCUT2D eigenvalue weighted by molar-refractivity contribution is 0.0294. The average Bonchev–Trinajstić information content (AvgIpc) is 2.68. The molecule has 1 fully saturated rings. The molecular formula is C16H21FO2. The monoisotopic (exact) mass is 264 g/mol. The van der Waals surface area contributed by atoms with Crippen LogP contribution in [0.15, 0.2) is 18.2 Å². The summed E-state index contributed by atoms with van der Waals surface area (Å²) in [7, 11) is 0. The van der Waals surface area contributed by atoms with Gasteiger partial charge >= 0.3 is 0 Å². The van der Waals surface area contributed by atoms with Crippen molar-refractivity contribution in [2.75, 3.05) is 0 Å². The van der Waals surface area contributed by atoms with Gasteiger partial charge in [-0.1, -0.05) is 25.7 Å². The molecule has 0 radical (unpaired) electrons. The van der Waals surface area contributed by atoms with Gasteiger partial charge < -0.3 is 9.84 Å². The molecule has 3 rings (SSSR count). The van der Waals surface area contributed by atoms with Crippen molar-refractivity contribution in [3.8, 4) is 5.75 Å². The van der Waals surface area contributed by atoms with E-state index in [4.69, 9.17) is 4.74 Å². The molecule has 1 aromatic carbocycles. The molecule has 1 unspecified atom stereocenters. The van der Waals surface area contributed by atoms with E-state index in [1.165, 1.54) is 50.7 Å². The number of ether oxygens (including phenoxy) is 1. The van der Waals surface area contributed by atoms with Crippen molar-refractivity contribution >= 4 is 0 Å². The molecule has 104 valence electrons. The van der Waals surface area contributed by atoms with Gasteiger partial charge in [-0.15, -0.1) is 0 Å². The summed E-state index contributed by atoms with van der Waals surface area (Å²) in [5.74, 6) is 0.888. The van der Waals surface area contributed by atoms with Crippen molar-refractivity contribution in [2.24, 2.45) is 5.92 Å². The number of aliphatic hydroxyl groups is 1. The first kappa shape index (κ1) is 12.9. The maximum Gasteiger partial charge on any atom is 0.125 e. The second kappa shape index (κ2) is 5.49. The van der Waals surface area contributed by atoms with Gasteiger partial charge in [0.15, 0.2) is 0 Å². The number of benzene rings is 1. The zero-order valence-electron chi connectivity index (χ0n) is 11.1. The summed E-state index contributed by atoms with van der Waals surface area (Å²) in [4.78, 5) is 0. The smallest absolute Gasteiger partial charge is 0.125 e. The largest absolute Gasteiger partial charge is 0.490 e. The topological polar surface area (TPSA) is 29.5 Å². The van der Waals surface area contributed by atoms with Crippen LogP contribution in [0.3, 0.4) is 0 Å². The quantitative estimate of drug-likeness (QED) is 0.777. The van der Waals surface area contributed by atoms with Gasteiger partial charge in [-0.25, -0.2) is 4.39 Å². The second-order valence-electron chi connectivity index (χ2n) is 5.84. The molecule has 1 N–H and O–H groups in total. The van der Waals surface area contributed by atoms with Crippen LogP contribution < -0.4 is 4.74 Å². The van der Waals surface area contributed by atoms with Crippen molar-refractivity contribution in [1.29, 1.82) is 0 Å². The van der Waals surface area contributed by atoms with Gasteiger partial charge in [0.1, 0.15) is 17.7 Å². The number of aliphatic hydroxyl groups excluding tert-OH is 1. The van der Waals surface area contributed by atoms with Crippen LogP contribution in [0, 0.1) is 11.7 Å². The van der Waals surface area contributed by atoms with Gasteiger partial charge in [-0.3, -0.25) is 0 Å². The van der Waals surface area contributed by atoms with Crippen LogP contribution in [-0.4, -0.2) is 11.2 Å². The van der Waals surface area contributed by atoms with Gasteiger partial charge in [0, 0.05) is 12.0 Å². The molecule has 0 amide bonds. The van der Waals surface area contributed by atoms with Gasteiger partial charge in [0.05, 0.1) is 6.10 Å². The van der Waals surface area contributed by atoms with Crippen LogP contribution >= 0.6 is 0 Å². The summed E-state index contributed by atoms with van der Waals surface area (Å²) in [6.07, 6.45) is 7.62. The molecule has 1 aliphatic carbocycles. The molecule has 2 atom stereocenters. The summed E-state index contributed by atoms with van der Waals surface area (Å²) >= 11 is 0. The van der Waals surface area contributed by atoms with Crippen LogP contribution in [-0.2, 0) is 0 Å². The average molecular weight is 264 g/mol. The Labute approximate surface area is 113 Å². The third-order valence-electron chi connectivity index (χ3n) is 4.49. The molecule has 19 heavy (non-hydrogen) atoms. The lowest BCUT2D eigenvalue weighted by atomic mass is 9.87. The Kier molecular flexibility index (Phi) is 3.74. The standard InChI is InChI=1S/C16H21FO2/c17-12-7-8-15-13(9-12)14(18)10-16(19-15)11-5-3-1-2-4-6-11/h7-9,11,14,16,18H,1-6,10H2/t14-,16?/m0/s1. The minimum absolute atomic E-state index is 0.0889. The fourth-order valence-corrected chi connectivity index (χ4v) is 3.42. The van der Waals surface area contributed by atoms with Gasteiger partial charge in [0.25, 0.3) is 0 Å². The summed E-state index contributed by atoms with van der Waals surface area (Å²) < 4.78 is 19.2. The highest BCUT2D eigenvalue weighted by molar-refractivity contribution is 5.37. The molecule has 0 bridgehead atoms. The van der Waals surface area contributed by atoms with Gasteiger partial charge in [-0.2, -0.15) is 0 Å². The van der Waals surface area contributed by atoms with Crippen LogP contribution in [0.5, 0.6) is 5.75 Å².